The second-order valence-corrected chi connectivity index (χ2v) is 7.31. The topological polar surface area (TPSA) is 75.9 Å². The summed E-state index contributed by atoms with van der Waals surface area (Å²) in [7, 11) is 0. The van der Waals surface area contributed by atoms with E-state index >= 15 is 0 Å². The smallest absolute Gasteiger partial charge is 0.242 e. The Morgan fingerprint density at radius 2 is 2.19 bits per heavy atom. The number of nitrogens with zero attached hydrogens (tertiary/aromatic N) is 5. The van der Waals surface area contributed by atoms with Crippen LogP contribution >= 0.6 is 0 Å². The molecule has 1 unspecified atom stereocenters. The van der Waals surface area contributed by atoms with Gasteiger partial charge in [-0.1, -0.05) is 12.1 Å². The number of imidazole rings is 1. The highest BCUT2D eigenvalue weighted by molar-refractivity contribution is 5.80. The number of fused-ring (bicyclic) bond motifs is 2. The van der Waals surface area contributed by atoms with Crippen LogP contribution in [0.4, 0.5) is 0 Å². The highest BCUT2D eigenvalue weighted by atomic mass is 16.2. The Morgan fingerprint density at radius 1 is 1.26 bits per heavy atom. The monoisotopic (exact) mass is 362 g/mol. The molecule has 7 heteroatoms. The maximum atomic E-state index is 12.8. The molecule has 0 radical (unpaired) electrons. The van der Waals surface area contributed by atoms with Crippen LogP contribution in [0.5, 0.6) is 0 Å². The SMILES string of the molecule is O=C(Cn1cnc2ccccc21)N1CCC(c2ncc3c(n2)CCNC3)C1. The van der Waals surface area contributed by atoms with Gasteiger partial charge in [0.15, 0.2) is 0 Å². The molecule has 1 N–H and O–H groups in total. The number of amides is 1. The van der Waals surface area contributed by atoms with Crippen molar-refractivity contribution in [2.45, 2.75) is 31.8 Å². The molecule has 1 aromatic carbocycles. The van der Waals surface area contributed by atoms with Crippen molar-refractivity contribution in [1.82, 2.24) is 29.7 Å². The van der Waals surface area contributed by atoms with E-state index in [4.69, 9.17) is 4.98 Å². The van der Waals surface area contributed by atoms with E-state index in [1.165, 1.54) is 5.56 Å². The molecular weight excluding hydrogens is 340 g/mol. The summed E-state index contributed by atoms with van der Waals surface area (Å²) >= 11 is 0. The van der Waals surface area contributed by atoms with E-state index in [0.29, 0.717) is 13.1 Å². The molecule has 27 heavy (non-hydrogen) atoms. The fraction of sp³-hybridized carbons (Fsp3) is 0.400. The van der Waals surface area contributed by atoms with Crippen LogP contribution in [0, 0.1) is 0 Å². The molecule has 0 spiro atoms. The lowest BCUT2D eigenvalue weighted by Gasteiger charge is -2.19. The van der Waals surface area contributed by atoms with Gasteiger partial charge in [-0.3, -0.25) is 4.79 Å². The molecule has 7 nitrogen and oxygen atoms in total. The summed E-state index contributed by atoms with van der Waals surface area (Å²) in [6, 6.07) is 7.89. The van der Waals surface area contributed by atoms with Crippen molar-refractivity contribution in [3.63, 3.8) is 0 Å². The van der Waals surface area contributed by atoms with Crippen molar-refractivity contribution in [2.75, 3.05) is 19.6 Å². The van der Waals surface area contributed by atoms with Crippen molar-refractivity contribution in [3.8, 4) is 0 Å². The first-order valence-corrected chi connectivity index (χ1v) is 9.51. The molecule has 2 aliphatic heterocycles. The number of hydrogen-bond acceptors (Lipinski definition) is 5. The number of carbonyl (C=O) groups excluding carboxylic acids is 1. The van der Waals surface area contributed by atoms with Crippen molar-refractivity contribution in [2.24, 2.45) is 0 Å². The van der Waals surface area contributed by atoms with Gasteiger partial charge < -0.3 is 14.8 Å². The number of hydrogen-bond donors (Lipinski definition) is 1. The van der Waals surface area contributed by atoms with Crippen LogP contribution in [0.25, 0.3) is 11.0 Å². The van der Waals surface area contributed by atoms with Gasteiger partial charge in [-0.25, -0.2) is 15.0 Å². The average Bonchev–Trinajstić information content (AvgIpc) is 3.36. The summed E-state index contributed by atoms with van der Waals surface area (Å²) in [5.74, 6) is 1.25. The second kappa shape index (κ2) is 6.74. The number of rotatable bonds is 3. The molecule has 3 aromatic rings. The molecular formula is C20H22N6O. The van der Waals surface area contributed by atoms with Gasteiger partial charge in [0.05, 0.1) is 17.4 Å². The number of nitrogens with one attached hydrogen (secondary N) is 1. The lowest BCUT2D eigenvalue weighted by Crippen LogP contribution is -2.31. The summed E-state index contributed by atoms with van der Waals surface area (Å²) in [5, 5.41) is 3.35. The maximum absolute atomic E-state index is 12.8. The Hall–Kier alpha value is -2.80. The average molecular weight is 362 g/mol. The van der Waals surface area contributed by atoms with E-state index in [-0.39, 0.29) is 11.8 Å². The summed E-state index contributed by atoms with van der Waals surface area (Å²) < 4.78 is 1.92. The summed E-state index contributed by atoms with van der Waals surface area (Å²) in [6.07, 6.45) is 5.57. The zero-order valence-electron chi connectivity index (χ0n) is 15.1. The van der Waals surface area contributed by atoms with E-state index in [2.05, 4.69) is 15.3 Å². The molecule has 0 aliphatic carbocycles. The Kier molecular flexibility index (Phi) is 4.09. The Balaban J connectivity index is 1.28. The normalized spacial score (nSPS) is 19.4. The quantitative estimate of drug-likeness (QED) is 0.764. The third-order valence-corrected chi connectivity index (χ3v) is 5.57. The lowest BCUT2D eigenvalue weighted by molar-refractivity contribution is -0.130. The van der Waals surface area contributed by atoms with Crippen LogP contribution in [0.3, 0.4) is 0 Å². The molecule has 1 saturated heterocycles. The highest BCUT2D eigenvalue weighted by Crippen LogP contribution is 2.26. The van der Waals surface area contributed by atoms with E-state index in [0.717, 1.165) is 55.0 Å². The summed E-state index contributed by atoms with van der Waals surface area (Å²) in [4.78, 5) is 28.5. The maximum Gasteiger partial charge on any atom is 0.242 e. The molecule has 4 heterocycles. The van der Waals surface area contributed by atoms with E-state index in [1.807, 2.05) is 39.9 Å². The molecule has 2 aliphatic rings. The van der Waals surface area contributed by atoms with Gasteiger partial charge in [-0.2, -0.15) is 0 Å². The van der Waals surface area contributed by atoms with Gasteiger partial charge in [0.2, 0.25) is 5.91 Å². The fourth-order valence-electron chi connectivity index (χ4n) is 4.03. The molecule has 0 saturated carbocycles. The first-order chi connectivity index (χ1) is 13.3. The third kappa shape index (κ3) is 3.08. The van der Waals surface area contributed by atoms with Crippen LogP contribution in [0.1, 0.15) is 29.4 Å². The molecule has 1 fully saturated rings. The zero-order valence-corrected chi connectivity index (χ0v) is 15.1. The molecule has 1 amide bonds. The van der Waals surface area contributed by atoms with Gasteiger partial charge in [-0.05, 0) is 18.6 Å². The number of aromatic nitrogens is 4. The molecule has 0 bridgehead atoms. The number of likely N-dealkylation sites (tertiary alicyclic amines) is 1. The molecule has 5 rings (SSSR count). The second-order valence-electron chi connectivity index (χ2n) is 7.31. The lowest BCUT2D eigenvalue weighted by atomic mass is 10.1. The minimum absolute atomic E-state index is 0.128. The summed E-state index contributed by atoms with van der Waals surface area (Å²) in [6.45, 7) is 3.60. The van der Waals surface area contributed by atoms with Crippen molar-refractivity contribution in [3.05, 3.63) is 53.9 Å². The minimum Gasteiger partial charge on any atom is -0.340 e. The number of para-hydroxylation sites is 2. The van der Waals surface area contributed by atoms with Crippen LogP contribution < -0.4 is 5.32 Å². The number of benzene rings is 1. The fourth-order valence-corrected chi connectivity index (χ4v) is 4.03. The molecule has 1 atom stereocenters. The van der Waals surface area contributed by atoms with Gasteiger partial charge in [0.1, 0.15) is 12.4 Å². The van der Waals surface area contributed by atoms with Crippen LogP contribution in [0.15, 0.2) is 36.8 Å². The first-order valence-electron chi connectivity index (χ1n) is 9.51. The van der Waals surface area contributed by atoms with Crippen LogP contribution in [-0.2, 0) is 24.3 Å². The Labute approximate surface area is 157 Å². The molecule has 2 aromatic heterocycles. The van der Waals surface area contributed by atoms with Crippen molar-refractivity contribution in [1.29, 1.82) is 0 Å². The molecule has 138 valence electrons. The van der Waals surface area contributed by atoms with Gasteiger partial charge in [-0.15, -0.1) is 0 Å². The standard InChI is InChI=1S/C20H22N6O/c27-19(12-26-13-23-17-3-1-2-4-18(17)26)25-8-6-14(11-25)20-22-10-15-9-21-7-5-16(15)24-20/h1-4,10,13-14,21H,5-9,11-12H2. The highest BCUT2D eigenvalue weighted by Gasteiger charge is 2.30. The predicted molar refractivity (Wildman–Crippen MR) is 101 cm³/mol. The largest absolute Gasteiger partial charge is 0.340 e. The number of carbonyl (C=O) groups is 1. The first kappa shape index (κ1) is 16.4. The van der Waals surface area contributed by atoms with E-state index in [1.54, 1.807) is 6.33 Å². The minimum atomic E-state index is 0.128. The summed E-state index contributed by atoms with van der Waals surface area (Å²) in [5.41, 5.74) is 4.27. The van der Waals surface area contributed by atoms with E-state index < -0.39 is 0 Å². The van der Waals surface area contributed by atoms with Crippen molar-refractivity contribution < 1.29 is 4.79 Å². The van der Waals surface area contributed by atoms with Crippen molar-refractivity contribution >= 4 is 16.9 Å². The Bertz CT molecular complexity index is 997. The Morgan fingerprint density at radius 3 is 3.15 bits per heavy atom. The van der Waals surface area contributed by atoms with Gasteiger partial charge in [0.25, 0.3) is 0 Å². The van der Waals surface area contributed by atoms with Gasteiger partial charge >= 0.3 is 0 Å². The van der Waals surface area contributed by atoms with E-state index in [9.17, 15) is 4.79 Å². The van der Waals surface area contributed by atoms with Crippen LogP contribution in [0.2, 0.25) is 0 Å². The predicted octanol–water partition coefficient (Wildman–Crippen LogP) is 1.49. The van der Waals surface area contributed by atoms with Crippen LogP contribution in [-0.4, -0.2) is 50.0 Å². The zero-order chi connectivity index (χ0) is 18.2. The van der Waals surface area contributed by atoms with Gasteiger partial charge in [0, 0.05) is 56.0 Å². The third-order valence-electron chi connectivity index (χ3n) is 5.57.